The van der Waals surface area contributed by atoms with Crippen LogP contribution in [0.25, 0.3) is 0 Å². The first-order valence-electron chi connectivity index (χ1n) is 6.60. The summed E-state index contributed by atoms with van der Waals surface area (Å²) in [6.07, 6.45) is -0.760. The fourth-order valence-electron chi connectivity index (χ4n) is 1.80. The van der Waals surface area contributed by atoms with E-state index in [0.717, 1.165) is 0 Å². The van der Waals surface area contributed by atoms with Gasteiger partial charge in [-0.1, -0.05) is 41.4 Å². The van der Waals surface area contributed by atoms with E-state index in [1.165, 1.54) is 12.1 Å². The van der Waals surface area contributed by atoms with Gasteiger partial charge in [-0.2, -0.15) is 0 Å². The van der Waals surface area contributed by atoms with Gasteiger partial charge >= 0.3 is 0 Å². The lowest BCUT2D eigenvalue weighted by atomic mass is 10.2. The van der Waals surface area contributed by atoms with Crippen LogP contribution in [-0.2, 0) is 11.3 Å². The molecule has 0 saturated heterocycles. The van der Waals surface area contributed by atoms with E-state index in [0.29, 0.717) is 16.3 Å². The van der Waals surface area contributed by atoms with Crippen molar-refractivity contribution < 1.29 is 13.9 Å². The fraction of sp³-hybridized carbons (Fsp3) is 0.188. The number of benzene rings is 2. The lowest BCUT2D eigenvalue weighted by molar-refractivity contribution is -0.127. The summed E-state index contributed by atoms with van der Waals surface area (Å²) in [5.74, 6) is -0.343. The van der Waals surface area contributed by atoms with Crippen LogP contribution in [0.5, 0.6) is 5.75 Å². The Morgan fingerprint density at radius 2 is 2.00 bits per heavy atom. The predicted octanol–water partition coefficient (Wildman–Crippen LogP) is 4.22. The largest absolute Gasteiger partial charge is 0.479 e. The van der Waals surface area contributed by atoms with Crippen molar-refractivity contribution >= 4 is 29.1 Å². The average molecular weight is 342 g/mol. The number of rotatable bonds is 5. The summed E-state index contributed by atoms with van der Waals surface area (Å²) in [5, 5.41) is 3.29. The minimum absolute atomic E-state index is 0.216. The van der Waals surface area contributed by atoms with E-state index in [9.17, 15) is 9.18 Å². The van der Waals surface area contributed by atoms with Gasteiger partial charge < -0.3 is 10.1 Å². The molecule has 0 spiro atoms. The summed E-state index contributed by atoms with van der Waals surface area (Å²) < 4.78 is 18.6. The standard InChI is InChI=1S/C16H14Cl2FNO2/c1-10(22-14-7-3-6-13(17)15(14)18)16(21)20-9-11-4-2-5-12(19)8-11/h2-8,10H,9H2,1H3,(H,20,21). The Bertz CT molecular complexity index is 679. The number of amides is 1. The highest BCUT2D eigenvalue weighted by Gasteiger charge is 2.16. The highest BCUT2D eigenvalue weighted by atomic mass is 35.5. The van der Waals surface area contributed by atoms with Gasteiger partial charge in [0.1, 0.15) is 16.6 Å². The molecule has 116 valence electrons. The maximum Gasteiger partial charge on any atom is 0.261 e. The molecule has 1 N–H and O–H groups in total. The molecule has 0 bridgehead atoms. The SMILES string of the molecule is CC(Oc1cccc(Cl)c1Cl)C(=O)NCc1cccc(F)c1. The molecule has 0 aliphatic carbocycles. The number of halogens is 3. The van der Waals surface area contributed by atoms with Crippen molar-refractivity contribution in [1.29, 1.82) is 0 Å². The van der Waals surface area contributed by atoms with Crippen LogP contribution >= 0.6 is 23.2 Å². The molecule has 0 fully saturated rings. The molecule has 0 aliphatic heterocycles. The molecule has 1 unspecified atom stereocenters. The minimum Gasteiger partial charge on any atom is -0.479 e. The number of nitrogens with one attached hydrogen (secondary N) is 1. The molecule has 0 radical (unpaired) electrons. The third kappa shape index (κ3) is 4.36. The number of carbonyl (C=O) groups excluding carboxylic acids is 1. The third-order valence-electron chi connectivity index (χ3n) is 2.94. The van der Waals surface area contributed by atoms with Gasteiger partial charge in [0.05, 0.1) is 5.02 Å². The number of carbonyl (C=O) groups is 1. The average Bonchev–Trinajstić information content (AvgIpc) is 2.49. The highest BCUT2D eigenvalue weighted by molar-refractivity contribution is 6.42. The smallest absolute Gasteiger partial charge is 0.261 e. The summed E-state index contributed by atoms with van der Waals surface area (Å²) in [6, 6.07) is 11.0. The lowest BCUT2D eigenvalue weighted by Crippen LogP contribution is -2.36. The molecule has 22 heavy (non-hydrogen) atoms. The number of ether oxygens (including phenoxy) is 1. The van der Waals surface area contributed by atoms with Crippen molar-refractivity contribution in [1.82, 2.24) is 5.32 Å². The Morgan fingerprint density at radius 3 is 2.73 bits per heavy atom. The molecule has 0 aromatic heterocycles. The van der Waals surface area contributed by atoms with E-state index >= 15 is 0 Å². The molecule has 0 heterocycles. The minimum atomic E-state index is -0.760. The molecule has 2 rings (SSSR count). The van der Waals surface area contributed by atoms with Crippen molar-refractivity contribution in [3.63, 3.8) is 0 Å². The van der Waals surface area contributed by atoms with Crippen LogP contribution in [0.3, 0.4) is 0 Å². The van der Waals surface area contributed by atoms with E-state index in [-0.39, 0.29) is 23.3 Å². The van der Waals surface area contributed by atoms with Crippen LogP contribution in [-0.4, -0.2) is 12.0 Å². The molecule has 6 heteroatoms. The summed E-state index contributed by atoms with van der Waals surface area (Å²) in [5.41, 5.74) is 0.668. The van der Waals surface area contributed by atoms with E-state index in [4.69, 9.17) is 27.9 Å². The summed E-state index contributed by atoms with van der Waals surface area (Å²) >= 11 is 11.9. The molecule has 2 aromatic carbocycles. The van der Waals surface area contributed by atoms with E-state index in [1.807, 2.05) is 0 Å². The Morgan fingerprint density at radius 1 is 1.27 bits per heavy atom. The Labute approximate surface area is 138 Å². The first-order valence-corrected chi connectivity index (χ1v) is 7.36. The third-order valence-corrected chi connectivity index (χ3v) is 3.75. The zero-order chi connectivity index (χ0) is 16.1. The topological polar surface area (TPSA) is 38.3 Å². The van der Waals surface area contributed by atoms with Gasteiger partial charge in [0, 0.05) is 6.54 Å². The molecule has 3 nitrogen and oxygen atoms in total. The van der Waals surface area contributed by atoms with Gasteiger partial charge in [0.2, 0.25) is 0 Å². The second kappa shape index (κ2) is 7.47. The van der Waals surface area contributed by atoms with Crippen molar-refractivity contribution in [2.75, 3.05) is 0 Å². The summed E-state index contributed by atoms with van der Waals surface area (Å²) in [7, 11) is 0. The number of hydrogen-bond donors (Lipinski definition) is 1. The quantitative estimate of drug-likeness (QED) is 0.884. The Hall–Kier alpha value is -1.78. The predicted molar refractivity (Wildman–Crippen MR) is 84.8 cm³/mol. The Balaban J connectivity index is 1.93. The summed E-state index contributed by atoms with van der Waals surface area (Å²) in [4.78, 5) is 12.0. The van der Waals surface area contributed by atoms with Gasteiger partial charge in [-0.05, 0) is 36.8 Å². The lowest BCUT2D eigenvalue weighted by Gasteiger charge is -2.16. The Kier molecular flexibility index (Phi) is 5.63. The molecule has 0 aliphatic rings. The van der Waals surface area contributed by atoms with Gasteiger partial charge in [-0.15, -0.1) is 0 Å². The van der Waals surface area contributed by atoms with Crippen molar-refractivity contribution in [2.45, 2.75) is 19.6 Å². The first kappa shape index (κ1) is 16.6. The highest BCUT2D eigenvalue weighted by Crippen LogP contribution is 2.32. The molecule has 0 saturated carbocycles. The van der Waals surface area contributed by atoms with Crippen LogP contribution in [0.2, 0.25) is 10.0 Å². The monoisotopic (exact) mass is 341 g/mol. The van der Waals surface area contributed by atoms with Crippen LogP contribution in [0, 0.1) is 5.82 Å². The van der Waals surface area contributed by atoms with E-state index in [1.54, 1.807) is 37.3 Å². The van der Waals surface area contributed by atoms with Crippen LogP contribution in [0.4, 0.5) is 4.39 Å². The van der Waals surface area contributed by atoms with Gasteiger partial charge in [0.25, 0.3) is 5.91 Å². The maximum absolute atomic E-state index is 13.1. The fourth-order valence-corrected chi connectivity index (χ4v) is 2.14. The van der Waals surface area contributed by atoms with Crippen molar-refractivity contribution in [3.05, 3.63) is 63.9 Å². The van der Waals surface area contributed by atoms with Gasteiger partial charge in [-0.25, -0.2) is 4.39 Å². The zero-order valence-corrected chi connectivity index (χ0v) is 13.3. The maximum atomic E-state index is 13.1. The van der Waals surface area contributed by atoms with Gasteiger partial charge in [0.15, 0.2) is 6.10 Å². The number of hydrogen-bond acceptors (Lipinski definition) is 2. The molecule has 1 amide bonds. The molecule has 2 aromatic rings. The van der Waals surface area contributed by atoms with Crippen molar-refractivity contribution in [2.24, 2.45) is 0 Å². The van der Waals surface area contributed by atoms with E-state index in [2.05, 4.69) is 5.32 Å². The molecule has 1 atom stereocenters. The van der Waals surface area contributed by atoms with Crippen molar-refractivity contribution in [3.8, 4) is 5.75 Å². The zero-order valence-electron chi connectivity index (χ0n) is 11.8. The first-order chi connectivity index (χ1) is 10.5. The second-order valence-electron chi connectivity index (χ2n) is 4.66. The molecular weight excluding hydrogens is 328 g/mol. The van der Waals surface area contributed by atoms with Crippen LogP contribution < -0.4 is 10.1 Å². The second-order valence-corrected chi connectivity index (χ2v) is 5.44. The van der Waals surface area contributed by atoms with Gasteiger partial charge in [-0.3, -0.25) is 4.79 Å². The summed E-state index contributed by atoms with van der Waals surface area (Å²) in [6.45, 7) is 1.81. The molecular formula is C16H14Cl2FNO2. The van der Waals surface area contributed by atoms with Crippen LogP contribution in [0.15, 0.2) is 42.5 Å². The van der Waals surface area contributed by atoms with Crippen LogP contribution in [0.1, 0.15) is 12.5 Å². The van der Waals surface area contributed by atoms with E-state index < -0.39 is 6.10 Å². The normalized spacial score (nSPS) is 11.8.